The van der Waals surface area contributed by atoms with E-state index in [2.05, 4.69) is 17.9 Å². The van der Waals surface area contributed by atoms with Crippen molar-refractivity contribution in [3.8, 4) is 17.3 Å². The van der Waals surface area contributed by atoms with Crippen molar-refractivity contribution in [1.82, 2.24) is 14.7 Å². The van der Waals surface area contributed by atoms with Crippen LogP contribution in [0.25, 0.3) is 5.69 Å². The lowest BCUT2D eigenvalue weighted by molar-refractivity contribution is 0.100. The van der Waals surface area contributed by atoms with Crippen LogP contribution >= 0.6 is 0 Å². The van der Waals surface area contributed by atoms with Crippen molar-refractivity contribution in [2.24, 2.45) is 0 Å². The Morgan fingerprint density at radius 1 is 1.13 bits per heavy atom. The zero-order valence-corrected chi connectivity index (χ0v) is 18.1. The molecule has 5 heteroatoms. The molecule has 0 aliphatic heterocycles. The first-order chi connectivity index (χ1) is 14.5. The minimum absolute atomic E-state index is 0.309. The standard InChI is InChI=1S/C25H31N3O2/c1-4-22(29)16-27(20-13-14-20)17-24-19(3)26-28(21-10-6-5-7-11-21)25(24)30-23-12-8-9-18(2)15-23/h5-12,15,20,22,29H,4,13-14,16-17H2,1-3H3. The third-order valence-corrected chi connectivity index (χ3v) is 5.68. The van der Waals surface area contributed by atoms with Crippen LogP contribution in [-0.4, -0.2) is 38.5 Å². The highest BCUT2D eigenvalue weighted by molar-refractivity contribution is 5.43. The largest absolute Gasteiger partial charge is 0.439 e. The minimum atomic E-state index is -0.309. The van der Waals surface area contributed by atoms with E-state index in [1.165, 1.54) is 12.8 Å². The van der Waals surface area contributed by atoms with E-state index in [9.17, 15) is 5.11 Å². The molecule has 1 aromatic heterocycles. The molecule has 4 rings (SSSR count). The van der Waals surface area contributed by atoms with Crippen molar-refractivity contribution in [3.63, 3.8) is 0 Å². The van der Waals surface area contributed by atoms with Crippen molar-refractivity contribution in [2.75, 3.05) is 6.54 Å². The summed E-state index contributed by atoms with van der Waals surface area (Å²) in [6.07, 6.45) is 2.83. The van der Waals surface area contributed by atoms with E-state index in [0.29, 0.717) is 12.6 Å². The predicted molar refractivity (Wildman–Crippen MR) is 119 cm³/mol. The average molecular weight is 406 g/mol. The quantitative estimate of drug-likeness (QED) is 0.543. The molecule has 0 saturated heterocycles. The number of aliphatic hydroxyl groups is 1. The molecule has 1 saturated carbocycles. The fourth-order valence-electron chi connectivity index (χ4n) is 3.75. The van der Waals surface area contributed by atoms with E-state index < -0.39 is 0 Å². The first-order valence-corrected chi connectivity index (χ1v) is 10.9. The molecule has 0 bridgehead atoms. The molecule has 1 atom stereocenters. The summed E-state index contributed by atoms with van der Waals surface area (Å²) in [6, 6.07) is 18.7. The predicted octanol–water partition coefficient (Wildman–Crippen LogP) is 5.02. The number of hydrogen-bond acceptors (Lipinski definition) is 4. The van der Waals surface area contributed by atoms with Crippen molar-refractivity contribution in [1.29, 1.82) is 0 Å². The Morgan fingerprint density at radius 2 is 1.90 bits per heavy atom. The van der Waals surface area contributed by atoms with E-state index in [4.69, 9.17) is 9.84 Å². The molecular formula is C25H31N3O2. The molecule has 5 nitrogen and oxygen atoms in total. The van der Waals surface area contributed by atoms with Crippen LogP contribution in [0.15, 0.2) is 54.6 Å². The number of aromatic nitrogens is 2. The summed E-state index contributed by atoms with van der Waals surface area (Å²) < 4.78 is 8.34. The van der Waals surface area contributed by atoms with E-state index >= 15 is 0 Å². The number of para-hydroxylation sites is 1. The fraction of sp³-hybridized carbons (Fsp3) is 0.400. The maximum Gasteiger partial charge on any atom is 0.227 e. The van der Waals surface area contributed by atoms with Gasteiger partial charge in [0.1, 0.15) is 5.75 Å². The number of aliphatic hydroxyl groups excluding tert-OH is 1. The van der Waals surface area contributed by atoms with Gasteiger partial charge in [-0.25, -0.2) is 4.68 Å². The number of benzene rings is 2. The van der Waals surface area contributed by atoms with Gasteiger partial charge in [-0.1, -0.05) is 37.3 Å². The number of aryl methyl sites for hydroxylation is 2. The Morgan fingerprint density at radius 3 is 2.57 bits per heavy atom. The number of hydrogen-bond donors (Lipinski definition) is 1. The van der Waals surface area contributed by atoms with Gasteiger partial charge in [0.25, 0.3) is 0 Å². The summed E-state index contributed by atoms with van der Waals surface area (Å²) in [5.41, 5.74) is 4.16. The minimum Gasteiger partial charge on any atom is -0.439 e. The van der Waals surface area contributed by atoms with Crippen LogP contribution in [0.1, 0.15) is 43.0 Å². The molecular weight excluding hydrogens is 374 g/mol. The van der Waals surface area contributed by atoms with E-state index in [1.54, 1.807) is 0 Å². The Labute approximate surface area is 178 Å². The van der Waals surface area contributed by atoms with Crippen LogP contribution < -0.4 is 4.74 Å². The van der Waals surface area contributed by atoms with Crippen LogP contribution in [0.5, 0.6) is 11.6 Å². The molecule has 1 aliphatic rings. The van der Waals surface area contributed by atoms with Gasteiger partial charge in [0.05, 0.1) is 23.0 Å². The molecule has 3 aromatic rings. The van der Waals surface area contributed by atoms with Gasteiger partial charge in [-0.05, 0) is 62.9 Å². The van der Waals surface area contributed by atoms with Gasteiger partial charge in [0.15, 0.2) is 0 Å². The van der Waals surface area contributed by atoms with Crippen LogP contribution in [0.2, 0.25) is 0 Å². The molecule has 2 aromatic carbocycles. The fourth-order valence-corrected chi connectivity index (χ4v) is 3.75. The van der Waals surface area contributed by atoms with Crippen LogP contribution in [-0.2, 0) is 6.54 Å². The van der Waals surface area contributed by atoms with Crippen molar-refractivity contribution >= 4 is 0 Å². The molecule has 1 N–H and O–H groups in total. The maximum absolute atomic E-state index is 10.3. The molecule has 0 radical (unpaired) electrons. The highest BCUT2D eigenvalue weighted by Crippen LogP contribution is 2.35. The zero-order chi connectivity index (χ0) is 21.1. The normalized spacial score (nSPS) is 14.8. The SMILES string of the molecule is CCC(O)CN(Cc1c(C)nn(-c2ccccc2)c1Oc1cccc(C)c1)C1CC1. The van der Waals surface area contributed by atoms with Crippen LogP contribution in [0.4, 0.5) is 0 Å². The second-order valence-corrected chi connectivity index (χ2v) is 8.26. The third kappa shape index (κ3) is 4.74. The summed E-state index contributed by atoms with van der Waals surface area (Å²) in [5.74, 6) is 1.56. The smallest absolute Gasteiger partial charge is 0.227 e. The summed E-state index contributed by atoms with van der Waals surface area (Å²) in [7, 11) is 0. The molecule has 0 spiro atoms. The molecule has 1 heterocycles. The van der Waals surface area contributed by atoms with Gasteiger partial charge >= 0.3 is 0 Å². The Bertz CT molecular complexity index is 979. The van der Waals surface area contributed by atoms with Gasteiger partial charge in [0, 0.05) is 19.1 Å². The van der Waals surface area contributed by atoms with Crippen molar-refractivity contribution in [3.05, 3.63) is 71.4 Å². The summed E-state index contributed by atoms with van der Waals surface area (Å²) in [5, 5.41) is 15.1. The van der Waals surface area contributed by atoms with Crippen molar-refractivity contribution < 1.29 is 9.84 Å². The molecule has 30 heavy (non-hydrogen) atoms. The molecule has 1 unspecified atom stereocenters. The Balaban J connectivity index is 1.72. The van der Waals surface area contributed by atoms with Gasteiger partial charge in [-0.2, -0.15) is 5.10 Å². The molecule has 1 aliphatic carbocycles. The average Bonchev–Trinajstić information content (AvgIpc) is 3.55. The second kappa shape index (κ2) is 9.02. The summed E-state index contributed by atoms with van der Waals surface area (Å²) in [4.78, 5) is 2.39. The third-order valence-electron chi connectivity index (χ3n) is 5.68. The number of nitrogens with zero attached hydrogens (tertiary/aromatic N) is 3. The van der Waals surface area contributed by atoms with E-state index in [0.717, 1.165) is 47.1 Å². The monoisotopic (exact) mass is 405 g/mol. The van der Waals surface area contributed by atoms with Gasteiger partial charge in [-0.15, -0.1) is 0 Å². The lowest BCUT2D eigenvalue weighted by Gasteiger charge is -2.25. The lowest BCUT2D eigenvalue weighted by atomic mass is 10.2. The topological polar surface area (TPSA) is 50.5 Å². The van der Waals surface area contributed by atoms with Gasteiger partial charge < -0.3 is 9.84 Å². The van der Waals surface area contributed by atoms with Gasteiger partial charge in [0.2, 0.25) is 5.88 Å². The first-order valence-electron chi connectivity index (χ1n) is 10.9. The van der Waals surface area contributed by atoms with Crippen molar-refractivity contribution in [2.45, 2.75) is 58.7 Å². The van der Waals surface area contributed by atoms with E-state index in [1.807, 2.05) is 67.1 Å². The first kappa shape index (κ1) is 20.6. The summed E-state index contributed by atoms with van der Waals surface area (Å²) in [6.45, 7) is 7.54. The summed E-state index contributed by atoms with van der Waals surface area (Å²) >= 11 is 0. The van der Waals surface area contributed by atoms with Crippen LogP contribution in [0.3, 0.4) is 0 Å². The Hall–Kier alpha value is -2.63. The Kier molecular flexibility index (Phi) is 6.21. The maximum atomic E-state index is 10.3. The highest BCUT2D eigenvalue weighted by atomic mass is 16.5. The second-order valence-electron chi connectivity index (χ2n) is 8.26. The molecule has 0 amide bonds. The lowest BCUT2D eigenvalue weighted by Crippen LogP contribution is -2.33. The highest BCUT2D eigenvalue weighted by Gasteiger charge is 2.32. The van der Waals surface area contributed by atoms with E-state index in [-0.39, 0.29) is 6.10 Å². The van der Waals surface area contributed by atoms with Crippen LogP contribution in [0, 0.1) is 13.8 Å². The zero-order valence-electron chi connectivity index (χ0n) is 18.1. The number of rotatable bonds is 9. The molecule has 158 valence electrons. The number of ether oxygens (including phenoxy) is 1. The molecule has 1 fully saturated rings. The van der Waals surface area contributed by atoms with Gasteiger partial charge in [-0.3, -0.25) is 4.90 Å².